The largest absolute Gasteiger partial charge is 0.497 e. The molecule has 2 heterocycles. The molecule has 0 bridgehead atoms. The summed E-state index contributed by atoms with van der Waals surface area (Å²) in [5.41, 5.74) is 1.65. The van der Waals surface area contributed by atoms with Crippen LogP contribution in [0, 0.1) is 11.7 Å². The minimum absolute atomic E-state index is 0.0944. The number of ether oxygens (including phenoxy) is 2. The lowest BCUT2D eigenvalue weighted by atomic mass is 10.00. The SMILES string of the molecule is COc1cccc(OC(C(C)Cc2[nH]nc3cc(F)ccc23)N2CCNCC2)c1. The van der Waals surface area contributed by atoms with E-state index in [0.29, 0.717) is 5.52 Å². The summed E-state index contributed by atoms with van der Waals surface area (Å²) in [6, 6.07) is 12.4. The van der Waals surface area contributed by atoms with Crippen LogP contribution in [0.25, 0.3) is 10.9 Å². The van der Waals surface area contributed by atoms with E-state index in [1.54, 1.807) is 13.2 Å². The second kappa shape index (κ2) is 8.80. The number of aromatic nitrogens is 2. The Bertz CT molecular complexity index is 955. The van der Waals surface area contributed by atoms with Crippen molar-refractivity contribution in [2.24, 2.45) is 5.92 Å². The third-order valence-corrected chi connectivity index (χ3v) is 5.42. The maximum Gasteiger partial charge on any atom is 0.155 e. The molecule has 7 heteroatoms. The average molecular weight is 398 g/mol. The van der Waals surface area contributed by atoms with E-state index in [0.717, 1.165) is 55.2 Å². The van der Waals surface area contributed by atoms with E-state index in [2.05, 4.69) is 27.3 Å². The van der Waals surface area contributed by atoms with E-state index in [1.807, 2.05) is 24.3 Å². The molecule has 154 valence electrons. The lowest BCUT2D eigenvalue weighted by Gasteiger charge is -2.38. The first-order valence-corrected chi connectivity index (χ1v) is 10.0. The van der Waals surface area contributed by atoms with Gasteiger partial charge in [0.15, 0.2) is 6.23 Å². The molecule has 6 nitrogen and oxygen atoms in total. The number of H-pyrrole nitrogens is 1. The molecule has 1 saturated heterocycles. The molecule has 2 aromatic carbocycles. The fourth-order valence-corrected chi connectivity index (χ4v) is 3.92. The Morgan fingerprint density at radius 3 is 2.72 bits per heavy atom. The number of piperazine rings is 1. The molecule has 2 unspecified atom stereocenters. The molecule has 2 N–H and O–H groups in total. The summed E-state index contributed by atoms with van der Waals surface area (Å²) < 4.78 is 25.3. The highest BCUT2D eigenvalue weighted by Crippen LogP contribution is 2.27. The molecule has 0 amide bonds. The van der Waals surface area contributed by atoms with Gasteiger partial charge in [-0.1, -0.05) is 13.0 Å². The Morgan fingerprint density at radius 2 is 1.93 bits per heavy atom. The topological polar surface area (TPSA) is 62.4 Å². The van der Waals surface area contributed by atoms with Crippen molar-refractivity contribution in [3.8, 4) is 11.5 Å². The van der Waals surface area contributed by atoms with Gasteiger partial charge in [-0.25, -0.2) is 4.39 Å². The molecule has 0 saturated carbocycles. The zero-order chi connectivity index (χ0) is 20.2. The molecular weight excluding hydrogens is 371 g/mol. The smallest absolute Gasteiger partial charge is 0.155 e. The van der Waals surface area contributed by atoms with Crippen molar-refractivity contribution in [1.82, 2.24) is 20.4 Å². The zero-order valence-corrected chi connectivity index (χ0v) is 16.8. The van der Waals surface area contributed by atoms with Crippen molar-refractivity contribution in [3.63, 3.8) is 0 Å². The second-order valence-electron chi connectivity index (χ2n) is 7.52. The van der Waals surface area contributed by atoms with Gasteiger partial charge in [0.05, 0.1) is 12.6 Å². The van der Waals surface area contributed by atoms with Gasteiger partial charge in [-0.15, -0.1) is 0 Å². The third-order valence-electron chi connectivity index (χ3n) is 5.42. The van der Waals surface area contributed by atoms with Gasteiger partial charge in [0, 0.05) is 55.3 Å². The normalized spacial score (nSPS) is 17.2. The monoisotopic (exact) mass is 398 g/mol. The quantitative estimate of drug-likeness (QED) is 0.640. The van der Waals surface area contributed by atoms with Crippen LogP contribution in [0.4, 0.5) is 4.39 Å². The Hall–Kier alpha value is -2.64. The van der Waals surface area contributed by atoms with E-state index in [9.17, 15) is 4.39 Å². The summed E-state index contributed by atoms with van der Waals surface area (Å²) >= 11 is 0. The number of methoxy groups -OCH3 is 1. The van der Waals surface area contributed by atoms with Crippen molar-refractivity contribution in [2.75, 3.05) is 33.3 Å². The maximum absolute atomic E-state index is 13.5. The number of benzene rings is 2. The number of nitrogens with zero attached hydrogens (tertiary/aromatic N) is 2. The highest BCUT2D eigenvalue weighted by molar-refractivity contribution is 5.81. The van der Waals surface area contributed by atoms with Gasteiger partial charge in [0.25, 0.3) is 0 Å². The lowest BCUT2D eigenvalue weighted by Crippen LogP contribution is -2.53. The zero-order valence-electron chi connectivity index (χ0n) is 16.8. The van der Waals surface area contributed by atoms with Crippen LogP contribution in [0.5, 0.6) is 11.5 Å². The summed E-state index contributed by atoms with van der Waals surface area (Å²) in [6.07, 6.45) is 0.656. The van der Waals surface area contributed by atoms with Crippen molar-refractivity contribution in [3.05, 3.63) is 54.0 Å². The Labute approximate surface area is 170 Å². The summed E-state index contributed by atoms with van der Waals surface area (Å²) in [4.78, 5) is 2.37. The summed E-state index contributed by atoms with van der Waals surface area (Å²) in [6.45, 7) is 5.92. The van der Waals surface area contributed by atoms with E-state index < -0.39 is 0 Å². The number of hydrogen-bond acceptors (Lipinski definition) is 5. The number of rotatable bonds is 7. The van der Waals surface area contributed by atoms with Gasteiger partial charge in [-0.05, 0) is 30.7 Å². The minimum Gasteiger partial charge on any atom is -0.497 e. The molecule has 1 aliphatic rings. The fourth-order valence-electron chi connectivity index (χ4n) is 3.92. The van der Waals surface area contributed by atoms with Crippen molar-refractivity contribution in [2.45, 2.75) is 19.6 Å². The first kappa shape index (κ1) is 19.7. The number of nitrogens with one attached hydrogen (secondary N) is 2. The van der Waals surface area contributed by atoms with Crippen LogP contribution in [0.2, 0.25) is 0 Å². The molecule has 1 aliphatic heterocycles. The van der Waals surface area contributed by atoms with E-state index in [4.69, 9.17) is 9.47 Å². The van der Waals surface area contributed by atoms with Gasteiger partial charge in [-0.3, -0.25) is 10.00 Å². The summed E-state index contributed by atoms with van der Waals surface area (Å²) in [7, 11) is 1.65. The van der Waals surface area contributed by atoms with Crippen molar-refractivity contribution < 1.29 is 13.9 Å². The van der Waals surface area contributed by atoms with Crippen LogP contribution in [0.3, 0.4) is 0 Å². The molecule has 3 aromatic rings. The molecule has 0 aliphatic carbocycles. The number of hydrogen-bond donors (Lipinski definition) is 2. The maximum atomic E-state index is 13.5. The van der Waals surface area contributed by atoms with Gasteiger partial charge in [0.1, 0.15) is 17.3 Å². The average Bonchev–Trinajstić information content (AvgIpc) is 3.14. The first-order valence-electron chi connectivity index (χ1n) is 10.0. The van der Waals surface area contributed by atoms with Crippen LogP contribution in [-0.2, 0) is 6.42 Å². The molecule has 0 radical (unpaired) electrons. The summed E-state index contributed by atoms with van der Waals surface area (Å²) in [5, 5.41) is 11.7. The first-order chi connectivity index (χ1) is 14.1. The van der Waals surface area contributed by atoms with Crippen LogP contribution in [-0.4, -0.2) is 54.6 Å². The van der Waals surface area contributed by atoms with Crippen molar-refractivity contribution in [1.29, 1.82) is 0 Å². The van der Waals surface area contributed by atoms with E-state index >= 15 is 0 Å². The Morgan fingerprint density at radius 1 is 1.14 bits per heavy atom. The Kier molecular flexibility index (Phi) is 5.97. The molecule has 1 aromatic heterocycles. The minimum atomic E-state index is -0.274. The van der Waals surface area contributed by atoms with Gasteiger partial charge in [0.2, 0.25) is 0 Å². The van der Waals surface area contributed by atoms with Gasteiger partial charge >= 0.3 is 0 Å². The second-order valence-corrected chi connectivity index (χ2v) is 7.52. The van der Waals surface area contributed by atoms with E-state index in [-0.39, 0.29) is 18.0 Å². The molecule has 2 atom stereocenters. The molecular formula is C22H27FN4O2. The standard InChI is InChI=1S/C22H27FN4O2/c1-15(12-20-19-7-6-16(23)13-21(19)26-25-20)22(27-10-8-24-9-11-27)29-18-5-3-4-17(14-18)28-2/h3-7,13-15,22,24H,8-12H2,1-2H3,(H,25,26). The predicted molar refractivity (Wildman–Crippen MR) is 111 cm³/mol. The molecule has 0 spiro atoms. The highest BCUT2D eigenvalue weighted by Gasteiger charge is 2.29. The number of aromatic amines is 1. The third kappa shape index (κ3) is 4.52. The van der Waals surface area contributed by atoms with Gasteiger partial charge < -0.3 is 14.8 Å². The van der Waals surface area contributed by atoms with Crippen LogP contribution in [0.15, 0.2) is 42.5 Å². The number of fused-ring (bicyclic) bond motifs is 1. The van der Waals surface area contributed by atoms with Crippen LogP contribution < -0.4 is 14.8 Å². The molecule has 29 heavy (non-hydrogen) atoms. The highest BCUT2D eigenvalue weighted by atomic mass is 19.1. The fraction of sp³-hybridized carbons (Fsp3) is 0.409. The predicted octanol–water partition coefficient (Wildman–Crippen LogP) is 3.20. The Balaban J connectivity index is 1.57. The lowest BCUT2D eigenvalue weighted by molar-refractivity contribution is -0.0208. The van der Waals surface area contributed by atoms with Crippen LogP contribution in [0.1, 0.15) is 12.6 Å². The number of halogens is 1. The van der Waals surface area contributed by atoms with Crippen molar-refractivity contribution >= 4 is 10.9 Å². The molecule has 1 fully saturated rings. The van der Waals surface area contributed by atoms with E-state index in [1.165, 1.54) is 12.1 Å². The van der Waals surface area contributed by atoms with Gasteiger partial charge in [-0.2, -0.15) is 5.10 Å². The van der Waals surface area contributed by atoms with Crippen LogP contribution >= 0.6 is 0 Å². The summed E-state index contributed by atoms with van der Waals surface area (Å²) in [5.74, 6) is 1.48. The molecule has 4 rings (SSSR count).